The summed E-state index contributed by atoms with van der Waals surface area (Å²) >= 11 is 0. The van der Waals surface area contributed by atoms with E-state index in [0.29, 0.717) is 42.8 Å². The topological polar surface area (TPSA) is 76.6 Å². The first-order valence-corrected chi connectivity index (χ1v) is 11.3. The molecule has 154 valence electrons. The first-order valence-electron chi connectivity index (χ1n) is 9.96. The number of benzene rings is 1. The molecule has 0 bridgehead atoms. The van der Waals surface area contributed by atoms with Gasteiger partial charge in [0.15, 0.2) is 0 Å². The summed E-state index contributed by atoms with van der Waals surface area (Å²) < 4.78 is 36.8. The fraction of sp³-hybridized carbons (Fsp3) is 0.500. The summed E-state index contributed by atoms with van der Waals surface area (Å²) in [6.45, 7) is 2.79. The highest BCUT2D eigenvalue weighted by Gasteiger charge is 2.34. The van der Waals surface area contributed by atoms with Gasteiger partial charge in [0.2, 0.25) is 5.95 Å². The van der Waals surface area contributed by atoms with Crippen molar-refractivity contribution in [3.63, 3.8) is 0 Å². The van der Waals surface area contributed by atoms with E-state index < -0.39 is 10.8 Å². The van der Waals surface area contributed by atoms with E-state index in [0.717, 1.165) is 36.6 Å². The summed E-state index contributed by atoms with van der Waals surface area (Å²) in [5.41, 5.74) is 0.880. The zero-order chi connectivity index (χ0) is 19.8. The van der Waals surface area contributed by atoms with Crippen molar-refractivity contribution in [1.29, 1.82) is 0 Å². The quantitative estimate of drug-likeness (QED) is 0.797. The summed E-state index contributed by atoms with van der Waals surface area (Å²) in [4.78, 5) is 12.2. The molecular weight excluding hydrogens is 395 g/mol. The SMILES string of the molecule is O=[S@]1CCc2nc(N3CC(Oc4ccc(F)cc4)C3)nc(NC3CCOCC3)c21. The number of hydrogen-bond donors (Lipinski definition) is 1. The average Bonchev–Trinajstić information content (AvgIpc) is 3.08. The molecule has 3 aliphatic heterocycles. The van der Waals surface area contributed by atoms with Crippen LogP contribution < -0.4 is 15.0 Å². The molecule has 4 heterocycles. The molecular formula is C20H23FN4O3S. The monoisotopic (exact) mass is 418 g/mol. The smallest absolute Gasteiger partial charge is 0.227 e. The number of anilines is 2. The lowest BCUT2D eigenvalue weighted by Gasteiger charge is -2.39. The van der Waals surface area contributed by atoms with Crippen LogP contribution in [-0.4, -0.2) is 58.4 Å². The van der Waals surface area contributed by atoms with Crippen LogP contribution in [-0.2, 0) is 22.0 Å². The van der Waals surface area contributed by atoms with E-state index in [-0.39, 0.29) is 18.0 Å². The lowest BCUT2D eigenvalue weighted by Crippen LogP contribution is -2.54. The highest BCUT2D eigenvalue weighted by atomic mass is 32.2. The molecule has 1 aromatic heterocycles. The van der Waals surface area contributed by atoms with Crippen molar-refractivity contribution in [2.45, 2.75) is 36.3 Å². The second-order valence-corrected chi connectivity index (χ2v) is 9.08. The van der Waals surface area contributed by atoms with Crippen LogP contribution in [0, 0.1) is 5.82 Å². The third-order valence-corrected chi connectivity index (χ3v) is 6.94. The van der Waals surface area contributed by atoms with Gasteiger partial charge in [-0.2, -0.15) is 4.98 Å². The Bertz CT molecular complexity index is 915. The van der Waals surface area contributed by atoms with Gasteiger partial charge in [-0.1, -0.05) is 0 Å². The molecule has 0 unspecified atom stereocenters. The predicted octanol–water partition coefficient (Wildman–Crippen LogP) is 2.14. The molecule has 0 saturated carbocycles. The van der Waals surface area contributed by atoms with Gasteiger partial charge in [-0.25, -0.2) is 9.37 Å². The van der Waals surface area contributed by atoms with Crippen molar-refractivity contribution in [1.82, 2.24) is 9.97 Å². The van der Waals surface area contributed by atoms with Crippen LogP contribution >= 0.6 is 0 Å². The fourth-order valence-electron chi connectivity index (χ4n) is 3.84. The maximum absolute atomic E-state index is 13.0. The van der Waals surface area contributed by atoms with Gasteiger partial charge in [-0.05, 0) is 37.1 Å². The molecule has 0 radical (unpaired) electrons. The number of fused-ring (bicyclic) bond motifs is 1. The molecule has 3 aliphatic rings. The third kappa shape index (κ3) is 3.93. The van der Waals surface area contributed by atoms with Crippen molar-refractivity contribution >= 4 is 22.6 Å². The van der Waals surface area contributed by atoms with Gasteiger partial charge < -0.3 is 19.7 Å². The van der Waals surface area contributed by atoms with Crippen LogP contribution in [0.15, 0.2) is 29.2 Å². The Morgan fingerprint density at radius 2 is 1.93 bits per heavy atom. The minimum atomic E-state index is -1.05. The van der Waals surface area contributed by atoms with E-state index >= 15 is 0 Å². The molecule has 0 amide bonds. The number of rotatable bonds is 5. The molecule has 29 heavy (non-hydrogen) atoms. The average molecular weight is 418 g/mol. The number of ether oxygens (including phenoxy) is 2. The van der Waals surface area contributed by atoms with E-state index in [4.69, 9.17) is 14.5 Å². The number of aromatic nitrogens is 2. The van der Waals surface area contributed by atoms with E-state index in [2.05, 4.69) is 15.2 Å². The maximum atomic E-state index is 13.0. The highest BCUT2D eigenvalue weighted by molar-refractivity contribution is 7.85. The Morgan fingerprint density at radius 1 is 1.17 bits per heavy atom. The Balaban J connectivity index is 1.30. The Labute approximate surface area is 171 Å². The largest absolute Gasteiger partial charge is 0.487 e. The van der Waals surface area contributed by atoms with Gasteiger partial charge in [-0.15, -0.1) is 0 Å². The summed E-state index contributed by atoms with van der Waals surface area (Å²) in [5.74, 6) is 2.34. The molecule has 1 aromatic carbocycles. The van der Waals surface area contributed by atoms with Crippen molar-refractivity contribution in [3.8, 4) is 5.75 Å². The lowest BCUT2D eigenvalue weighted by molar-refractivity contribution is 0.0903. The molecule has 2 fully saturated rings. The molecule has 7 nitrogen and oxygen atoms in total. The van der Waals surface area contributed by atoms with Crippen LogP contribution in [0.5, 0.6) is 5.75 Å². The van der Waals surface area contributed by atoms with E-state index in [1.165, 1.54) is 12.1 Å². The van der Waals surface area contributed by atoms with Crippen LogP contribution in [0.25, 0.3) is 0 Å². The van der Waals surface area contributed by atoms with Crippen molar-refractivity contribution in [3.05, 3.63) is 35.8 Å². The van der Waals surface area contributed by atoms with Crippen molar-refractivity contribution < 1.29 is 18.1 Å². The van der Waals surface area contributed by atoms with E-state index in [9.17, 15) is 8.60 Å². The van der Waals surface area contributed by atoms with Gasteiger partial charge >= 0.3 is 0 Å². The van der Waals surface area contributed by atoms with Crippen molar-refractivity contribution in [2.24, 2.45) is 0 Å². The molecule has 0 spiro atoms. The zero-order valence-electron chi connectivity index (χ0n) is 16.0. The van der Waals surface area contributed by atoms with Crippen LogP contribution in [0.2, 0.25) is 0 Å². The number of aryl methyl sites for hydroxylation is 1. The van der Waals surface area contributed by atoms with Crippen LogP contribution in [0.4, 0.5) is 16.2 Å². The van der Waals surface area contributed by atoms with Crippen LogP contribution in [0.3, 0.4) is 0 Å². The van der Waals surface area contributed by atoms with Crippen molar-refractivity contribution in [2.75, 3.05) is 42.3 Å². The van der Waals surface area contributed by atoms with Gasteiger partial charge in [0.05, 0.1) is 29.6 Å². The molecule has 9 heteroatoms. The lowest BCUT2D eigenvalue weighted by atomic mass is 10.1. The van der Waals surface area contributed by atoms with Crippen LogP contribution in [0.1, 0.15) is 18.5 Å². The number of hydrogen-bond acceptors (Lipinski definition) is 7. The molecule has 0 aliphatic carbocycles. The van der Waals surface area contributed by atoms with Gasteiger partial charge in [0.1, 0.15) is 28.4 Å². The van der Waals surface area contributed by atoms with Gasteiger partial charge in [-0.3, -0.25) is 4.21 Å². The van der Waals surface area contributed by atoms with Gasteiger partial charge in [0.25, 0.3) is 0 Å². The van der Waals surface area contributed by atoms with E-state index in [1.54, 1.807) is 12.1 Å². The standard InChI is InChI=1S/C20H23FN4O3S/c21-13-1-3-15(4-2-13)28-16-11-25(12-16)20-23-17-7-10-29(26)18(17)19(24-20)22-14-5-8-27-9-6-14/h1-4,14,16H,5-12H2,(H,22,23,24)/t29-/m0/s1. The number of nitrogens with zero attached hydrogens (tertiary/aromatic N) is 3. The Hall–Kier alpha value is -2.26. The Kier molecular flexibility index (Phi) is 5.09. The summed E-state index contributed by atoms with van der Waals surface area (Å²) in [5, 5.41) is 3.49. The summed E-state index contributed by atoms with van der Waals surface area (Å²) in [6, 6.07) is 6.33. The predicted molar refractivity (Wildman–Crippen MR) is 108 cm³/mol. The number of nitrogens with one attached hydrogen (secondary N) is 1. The Morgan fingerprint density at radius 3 is 2.69 bits per heavy atom. The normalized spacial score (nSPS) is 22.2. The third-order valence-electron chi connectivity index (χ3n) is 5.49. The second kappa shape index (κ2) is 7.87. The maximum Gasteiger partial charge on any atom is 0.227 e. The zero-order valence-corrected chi connectivity index (χ0v) is 16.8. The summed E-state index contributed by atoms with van der Waals surface area (Å²) in [7, 11) is -1.05. The minimum Gasteiger partial charge on any atom is -0.487 e. The first-order chi connectivity index (χ1) is 14.2. The molecule has 1 atom stereocenters. The minimum absolute atomic E-state index is 0.0124. The number of halogens is 1. The second-order valence-electron chi connectivity index (χ2n) is 7.58. The van der Waals surface area contributed by atoms with Gasteiger partial charge in [0, 0.05) is 31.4 Å². The summed E-state index contributed by atoms with van der Waals surface area (Å²) in [6.07, 6.45) is 2.55. The molecule has 2 saturated heterocycles. The fourth-order valence-corrected chi connectivity index (χ4v) is 5.15. The molecule has 2 aromatic rings. The molecule has 5 rings (SSSR count). The first kappa shape index (κ1) is 18.7. The molecule has 1 N–H and O–H groups in total. The van der Waals surface area contributed by atoms with E-state index in [1.807, 2.05) is 0 Å². The highest BCUT2D eigenvalue weighted by Crippen LogP contribution is 2.32.